The zero-order valence-corrected chi connectivity index (χ0v) is 16.8. The van der Waals surface area contributed by atoms with Gasteiger partial charge in [0.25, 0.3) is 0 Å². The fourth-order valence-electron chi connectivity index (χ4n) is 4.24. The van der Waals surface area contributed by atoms with Gasteiger partial charge in [0, 0.05) is 32.6 Å². The highest BCUT2D eigenvalue weighted by molar-refractivity contribution is 5.76. The monoisotopic (exact) mass is 380 g/mol. The maximum atomic E-state index is 12.4. The standard InChI is InChI=1S/C24H32N2O2/c1-2-21-17-26(16-20-11-7-4-8-12-20)18-23(27)22(21)15-24(28)25-14-13-19-9-5-3-6-10-19/h3-12,21-23,27H,2,13-18H2,1H3,(H,25,28)/t21-,22-,23+/m1/s1. The van der Waals surface area contributed by atoms with Crippen molar-refractivity contribution in [3.05, 3.63) is 71.8 Å². The minimum absolute atomic E-state index is 0.0359. The lowest BCUT2D eigenvalue weighted by atomic mass is 9.79. The van der Waals surface area contributed by atoms with E-state index in [1.54, 1.807) is 0 Å². The second kappa shape index (κ2) is 10.4. The second-order valence-electron chi connectivity index (χ2n) is 7.87. The first-order chi connectivity index (χ1) is 13.7. The first kappa shape index (κ1) is 20.6. The molecule has 1 aliphatic heterocycles. The zero-order chi connectivity index (χ0) is 19.8. The summed E-state index contributed by atoms with van der Waals surface area (Å²) >= 11 is 0. The predicted molar refractivity (Wildman–Crippen MR) is 113 cm³/mol. The van der Waals surface area contributed by atoms with E-state index >= 15 is 0 Å². The van der Waals surface area contributed by atoms with E-state index in [0.717, 1.165) is 25.9 Å². The second-order valence-corrected chi connectivity index (χ2v) is 7.87. The van der Waals surface area contributed by atoms with Crippen LogP contribution in [0.25, 0.3) is 0 Å². The van der Waals surface area contributed by atoms with Crippen molar-refractivity contribution in [2.45, 2.75) is 38.8 Å². The summed E-state index contributed by atoms with van der Waals surface area (Å²) in [7, 11) is 0. The van der Waals surface area contributed by atoms with Gasteiger partial charge < -0.3 is 10.4 Å². The van der Waals surface area contributed by atoms with Gasteiger partial charge in [-0.25, -0.2) is 0 Å². The number of aliphatic hydroxyl groups excluding tert-OH is 1. The van der Waals surface area contributed by atoms with Crippen LogP contribution in [0, 0.1) is 11.8 Å². The van der Waals surface area contributed by atoms with Gasteiger partial charge >= 0.3 is 0 Å². The molecule has 28 heavy (non-hydrogen) atoms. The molecule has 2 aromatic rings. The number of rotatable bonds is 8. The molecule has 0 unspecified atom stereocenters. The van der Waals surface area contributed by atoms with Crippen molar-refractivity contribution in [2.75, 3.05) is 19.6 Å². The van der Waals surface area contributed by atoms with Crippen molar-refractivity contribution in [2.24, 2.45) is 11.8 Å². The van der Waals surface area contributed by atoms with Crippen LogP contribution in [0.2, 0.25) is 0 Å². The van der Waals surface area contributed by atoms with E-state index in [-0.39, 0.29) is 11.8 Å². The van der Waals surface area contributed by atoms with E-state index in [1.807, 2.05) is 24.3 Å². The van der Waals surface area contributed by atoms with Gasteiger partial charge in [0.15, 0.2) is 0 Å². The van der Waals surface area contributed by atoms with E-state index in [4.69, 9.17) is 0 Å². The lowest BCUT2D eigenvalue weighted by Crippen LogP contribution is -2.50. The number of amides is 1. The molecule has 3 rings (SSSR count). The van der Waals surface area contributed by atoms with Crippen molar-refractivity contribution >= 4 is 5.91 Å². The maximum absolute atomic E-state index is 12.4. The molecule has 4 heteroatoms. The van der Waals surface area contributed by atoms with Crippen LogP contribution in [0.1, 0.15) is 30.9 Å². The van der Waals surface area contributed by atoms with Gasteiger partial charge in [-0.15, -0.1) is 0 Å². The average molecular weight is 381 g/mol. The largest absolute Gasteiger partial charge is 0.391 e. The van der Waals surface area contributed by atoms with Crippen LogP contribution in [0.3, 0.4) is 0 Å². The van der Waals surface area contributed by atoms with Crippen LogP contribution in [0.15, 0.2) is 60.7 Å². The van der Waals surface area contributed by atoms with E-state index in [9.17, 15) is 9.90 Å². The third-order valence-electron chi connectivity index (χ3n) is 5.81. The molecule has 150 valence electrons. The maximum Gasteiger partial charge on any atom is 0.220 e. The number of benzene rings is 2. The van der Waals surface area contributed by atoms with Gasteiger partial charge in [-0.2, -0.15) is 0 Å². The van der Waals surface area contributed by atoms with E-state index in [2.05, 4.69) is 53.5 Å². The highest BCUT2D eigenvalue weighted by atomic mass is 16.3. The van der Waals surface area contributed by atoms with Gasteiger partial charge in [-0.3, -0.25) is 9.69 Å². The van der Waals surface area contributed by atoms with E-state index in [0.29, 0.717) is 25.4 Å². The lowest BCUT2D eigenvalue weighted by molar-refractivity contribution is -0.125. The first-order valence-electron chi connectivity index (χ1n) is 10.4. The number of β-amino-alcohol motifs (C(OH)–C–C–N with tert-alkyl or cyclic N) is 1. The average Bonchev–Trinajstić information content (AvgIpc) is 2.71. The Morgan fingerprint density at radius 2 is 1.68 bits per heavy atom. The molecular weight excluding hydrogens is 348 g/mol. The van der Waals surface area contributed by atoms with Crippen molar-refractivity contribution < 1.29 is 9.90 Å². The molecule has 4 nitrogen and oxygen atoms in total. The Balaban J connectivity index is 1.48. The summed E-state index contributed by atoms with van der Waals surface area (Å²) in [6.45, 7) is 5.22. The Labute approximate surface area is 168 Å². The van der Waals surface area contributed by atoms with Gasteiger partial charge in [-0.05, 0) is 29.4 Å². The molecule has 0 aromatic heterocycles. The fourth-order valence-corrected chi connectivity index (χ4v) is 4.24. The topological polar surface area (TPSA) is 52.6 Å². The summed E-state index contributed by atoms with van der Waals surface area (Å²) in [5, 5.41) is 13.8. The summed E-state index contributed by atoms with van der Waals surface area (Å²) in [6, 6.07) is 20.6. The van der Waals surface area contributed by atoms with E-state index < -0.39 is 6.10 Å². The van der Waals surface area contributed by atoms with Crippen molar-refractivity contribution in [1.29, 1.82) is 0 Å². The molecular formula is C24H32N2O2. The molecule has 0 aliphatic carbocycles. The third kappa shape index (κ3) is 5.91. The first-order valence-corrected chi connectivity index (χ1v) is 10.4. The zero-order valence-electron chi connectivity index (χ0n) is 16.8. The number of carbonyl (C=O) groups excluding carboxylic acids is 1. The molecule has 1 saturated heterocycles. The number of nitrogens with zero attached hydrogens (tertiary/aromatic N) is 1. The van der Waals surface area contributed by atoms with Gasteiger partial charge in [-0.1, -0.05) is 74.0 Å². The molecule has 3 atom stereocenters. The minimum Gasteiger partial charge on any atom is -0.391 e. The lowest BCUT2D eigenvalue weighted by Gasteiger charge is -2.41. The number of piperidine rings is 1. The third-order valence-corrected chi connectivity index (χ3v) is 5.81. The van der Waals surface area contributed by atoms with Crippen molar-refractivity contribution in [1.82, 2.24) is 10.2 Å². The molecule has 0 saturated carbocycles. The SMILES string of the molecule is CC[C@@H]1CN(Cc2ccccc2)C[C@H](O)[C@@H]1CC(=O)NCCc1ccccc1. The molecule has 1 amide bonds. The summed E-state index contributed by atoms with van der Waals surface area (Å²) in [6.07, 6.45) is 1.77. The molecule has 1 heterocycles. The van der Waals surface area contributed by atoms with Gasteiger partial charge in [0.2, 0.25) is 5.91 Å². The number of hydrogen-bond acceptors (Lipinski definition) is 3. The molecule has 0 bridgehead atoms. The Morgan fingerprint density at radius 1 is 1.04 bits per heavy atom. The number of aliphatic hydroxyl groups is 1. The normalized spacial score (nSPS) is 22.7. The Morgan fingerprint density at radius 3 is 2.32 bits per heavy atom. The minimum atomic E-state index is -0.456. The quantitative estimate of drug-likeness (QED) is 0.739. The summed E-state index contributed by atoms with van der Waals surface area (Å²) in [5.41, 5.74) is 2.49. The van der Waals surface area contributed by atoms with Crippen molar-refractivity contribution in [3.8, 4) is 0 Å². The number of hydrogen-bond donors (Lipinski definition) is 2. The molecule has 2 N–H and O–H groups in total. The Kier molecular flexibility index (Phi) is 7.63. The summed E-state index contributed by atoms with van der Waals surface area (Å²) < 4.78 is 0. The Bertz CT molecular complexity index is 720. The number of carbonyl (C=O) groups is 1. The highest BCUT2D eigenvalue weighted by Crippen LogP contribution is 2.30. The van der Waals surface area contributed by atoms with Crippen LogP contribution in [-0.2, 0) is 17.8 Å². The number of likely N-dealkylation sites (tertiary alicyclic amines) is 1. The molecule has 1 aliphatic rings. The highest BCUT2D eigenvalue weighted by Gasteiger charge is 2.36. The van der Waals surface area contributed by atoms with Gasteiger partial charge in [0.05, 0.1) is 6.10 Å². The molecule has 1 fully saturated rings. The molecule has 0 radical (unpaired) electrons. The summed E-state index contributed by atoms with van der Waals surface area (Å²) in [4.78, 5) is 14.8. The molecule has 0 spiro atoms. The van der Waals surface area contributed by atoms with Crippen LogP contribution in [0.5, 0.6) is 0 Å². The smallest absolute Gasteiger partial charge is 0.220 e. The van der Waals surface area contributed by atoms with Crippen LogP contribution >= 0.6 is 0 Å². The fraction of sp³-hybridized carbons (Fsp3) is 0.458. The van der Waals surface area contributed by atoms with Crippen molar-refractivity contribution in [3.63, 3.8) is 0 Å². The van der Waals surface area contributed by atoms with E-state index in [1.165, 1.54) is 11.1 Å². The molecule has 2 aromatic carbocycles. The van der Waals surface area contributed by atoms with Gasteiger partial charge in [0.1, 0.15) is 0 Å². The number of nitrogens with one attached hydrogen (secondary N) is 1. The summed E-state index contributed by atoms with van der Waals surface area (Å²) in [5.74, 6) is 0.427. The predicted octanol–water partition coefficient (Wildman–Crippen LogP) is 3.25. The Hall–Kier alpha value is -2.17. The van der Waals surface area contributed by atoms with Crippen LogP contribution in [-0.4, -0.2) is 41.7 Å². The van der Waals surface area contributed by atoms with Crippen LogP contribution in [0.4, 0.5) is 0 Å². The van der Waals surface area contributed by atoms with Crippen LogP contribution < -0.4 is 5.32 Å².